The Morgan fingerprint density at radius 3 is 1.89 bits per heavy atom. The van der Waals surface area contributed by atoms with E-state index in [0.717, 1.165) is 0 Å². The summed E-state index contributed by atoms with van der Waals surface area (Å²) in [5, 5.41) is 3.47. The first kappa shape index (κ1) is 8.96. The van der Waals surface area contributed by atoms with Crippen molar-refractivity contribution in [1.82, 2.24) is 5.32 Å². The van der Waals surface area contributed by atoms with Crippen LogP contribution in [-0.2, 0) is 0 Å². The lowest BCUT2D eigenvalue weighted by atomic mass is 10.1. The molecule has 0 saturated carbocycles. The van der Waals surface area contributed by atoms with E-state index in [2.05, 4.69) is 39.9 Å². The highest BCUT2D eigenvalue weighted by Gasteiger charge is 2.10. The van der Waals surface area contributed by atoms with E-state index in [1.54, 1.807) is 0 Å². The summed E-state index contributed by atoms with van der Waals surface area (Å²) in [6.07, 6.45) is 1.21. The van der Waals surface area contributed by atoms with Crippen LogP contribution in [0.1, 0.15) is 41.0 Å². The molecular formula is C8H19N. The molecule has 56 valence electrons. The van der Waals surface area contributed by atoms with Crippen molar-refractivity contribution in [3.05, 3.63) is 0 Å². The maximum Gasteiger partial charge on any atom is 0.00989 e. The van der Waals surface area contributed by atoms with Crippen molar-refractivity contribution in [2.24, 2.45) is 0 Å². The average Bonchev–Trinajstić information content (AvgIpc) is 1.62. The van der Waals surface area contributed by atoms with Crippen molar-refractivity contribution in [3.63, 3.8) is 0 Å². The smallest absolute Gasteiger partial charge is 0.00989 e. The van der Waals surface area contributed by atoms with Crippen molar-refractivity contribution >= 4 is 0 Å². The van der Waals surface area contributed by atoms with Crippen molar-refractivity contribution in [1.29, 1.82) is 0 Å². The molecule has 9 heavy (non-hydrogen) atoms. The molecule has 0 aliphatic carbocycles. The van der Waals surface area contributed by atoms with Gasteiger partial charge in [-0.2, -0.15) is 0 Å². The molecule has 0 spiro atoms. The number of hydrogen-bond donors (Lipinski definition) is 1. The Morgan fingerprint density at radius 1 is 1.33 bits per heavy atom. The third-order valence-corrected chi connectivity index (χ3v) is 1.29. The van der Waals surface area contributed by atoms with Gasteiger partial charge >= 0.3 is 0 Å². The zero-order chi connectivity index (χ0) is 7.49. The second kappa shape index (κ2) is 3.21. The van der Waals surface area contributed by atoms with Gasteiger partial charge in [0.25, 0.3) is 0 Å². The molecular weight excluding hydrogens is 110 g/mol. The van der Waals surface area contributed by atoms with Crippen LogP contribution in [0.25, 0.3) is 0 Å². The second-order valence-electron chi connectivity index (χ2n) is 3.70. The standard InChI is InChI=1S/C8H19N/c1-6-7(2)9-8(3,4)5/h7,9H,6H2,1-5H3/t7-/m1/s1. The molecule has 0 aliphatic heterocycles. The number of hydrogen-bond acceptors (Lipinski definition) is 1. The molecule has 1 atom stereocenters. The summed E-state index contributed by atoms with van der Waals surface area (Å²) in [5.41, 5.74) is 0.273. The van der Waals surface area contributed by atoms with Gasteiger partial charge in [-0.1, -0.05) is 6.92 Å². The fraction of sp³-hybridized carbons (Fsp3) is 1.00. The highest BCUT2D eigenvalue weighted by molar-refractivity contribution is 4.73. The van der Waals surface area contributed by atoms with E-state index >= 15 is 0 Å². The van der Waals surface area contributed by atoms with Gasteiger partial charge in [0.05, 0.1) is 0 Å². The summed E-state index contributed by atoms with van der Waals surface area (Å²) < 4.78 is 0. The van der Waals surface area contributed by atoms with Crippen LogP contribution in [0.15, 0.2) is 0 Å². The molecule has 1 N–H and O–H groups in total. The minimum Gasteiger partial charge on any atom is -0.310 e. The van der Waals surface area contributed by atoms with Gasteiger partial charge in [0.1, 0.15) is 0 Å². The van der Waals surface area contributed by atoms with Gasteiger partial charge in [0.15, 0.2) is 0 Å². The minimum absolute atomic E-state index is 0.273. The minimum atomic E-state index is 0.273. The highest BCUT2D eigenvalue weighted by atomic mass is 15.0. The van der Waals surface area contributed by atoms with Gasteiger partial charge in [-0.25, -0.2) is 0 Å². The van der Waals surface area contributed by atoms with E-state index in [1.165, 1.54) is 6.42 Å². The van der Waals surface area contributed by atoms with Gasteiger partial charge in [-0.3, -0.25) is 0 Å². The van der Waals surface area contributed by atoms with Crippen LogP contribution in [0.2, 0.25) is 0 Å². The molecule has 0 saturated heterocycles. The topological polar surface area (TPSA) is 12.0 Å². The molecule has 0 rings (SSSR count). The summed E-state index contributed by atoms with van der Waals surface area (Å²) in [6.45, 7) is 11.0. The van der Waals surface area contributed by atoms with Crippen molar-refractivity contribution < 1.29 is 0 Å². The maximum absolute atomic E-state index is 3.47. The van der Waals surface area contributed by atoms with E-state index in [9.17, 15) is 0 Å². The van der Waals surface area contributed by atoms with Gasteiger partial charge < -0.3 is 5.32 Å². The molecule has 0 unspecified atom stereocenters. The lowest BCUT2D eigenvalue weighted by Gasteiger charge is -2.25. The van der Waals surface area contributed by atoms with E-state index in [0.29, 0.717) is 6.04 Å². The quantitative estimate of drug-likeness (QED) is 0.602. The summed E-state index contributed by atoms with van der Waals surface area (Å²) in [7, 11) is 0. The summed E-state index contributed by atoms with van der Waals surface area (Å²) in [5.74, 6) is 0. The first-order valence-electron chi connectivity index (χ1n) is 3.73. The predicted octanol–water partition coefficient (Wildman–Crippen LogP) is 2.17. The maximum atomic E-state index is 3.47. The SMILES string of the molecule is CC[C@@H](C)NC(C)(C)C. The van der Waals surface area contributed by atoms with Crippen molar-refractivity contribution in [2.75, 3.05) is 0 Å². The summed E-state index contributed by atoms with van der Waals surface area (Å²) in [6, 6.07) is 0.644. The molecule has 0 amide bonds. The second-order valence-corrected chi connectivity index (χ2v) is 3.70. The predicted molar refractivity (Wildman–Crippen MR) is 42.6 cm³/mol. The molecule has 0 aliphatic rings. The molecule has 0 bridgehead atoms. The number of nitrogens with one attached hydrogen (secondary N) is 1. The van der Waals surface area contributed by atoms with Crippen molar-refractivity contribution in [2.45, 2.75) is 52.6 Å². The van der Waals surface area contributed by atoms with Gasteiger partial charge in [0, 0.05) is 11.6 Å². The monoisotopic (exact) mass is 129 g/mol. The van der Waals surface area contributed by atoms with Crippen LogP contribution in [0.5, 0.6) is 0 Å². The first-order chi connectivity index (χ1) is 3.95. The van der Waals surface area contributed by atoms with Crippen molar-refractivity contribution in [3.8, 4) is 0 Å². The van der Waals surface area contributed by atoms with E-state index in [-0.39, 0.29) is 5.54 Å². The largest absolute Gasteiger partial charge is 0.310 e. The van der Waals surface area contributed by atoms with Gasteiger partial charge in [0.2, 0.25) is 0 Å². The highest BCUT2D eigenvalue weighted by Crippen LogP contribution is 2.02. The molecule has 0 fully saturated rings. The lowest BCUT2D eigenvalue weighted by molar-refractivity contribution is 0.367. The van der Waals surface area contributed by atoms with Crippen LogP contribution < -0.4 is 5.32 Å². The average molecular weight is 129 g/mol. The third-order valence-electron chi connectivity index (χ3n) is 1.29. The normalized spacial score (nSPS) is 15.7. The van der Waals surface area contributed by atoms with Crippen LogP contribution in [-0.4, -0.2) is 11.6 Å². The van der Waals surface area contributed by atoms with Gasteiger partial charge in [-0.15, -0.1) is 0 Å². The Morgan fingerprint density at radius 2 is 1.78 bits per heavy atom. The molecule has 0 aromatic rings. The van der Waals surface area contributed by atoms with E-state index in [4.69, 9.17) is 0 Å². The Balaban J connectivity index is 3.47. The van der Waals surface area contributed by atoms with E-state index < -0.39 is 0 Å². The van der Waals surface area contributed by atoms with Gasteiger partial charge in [-0.05, 0) is 34.1 Å². The Kier molecular flexibility index (Phi) is 3.20. The Labute approximate surface area is 58.8 Å². The Bertz CT molecular complexity index is 71.1. The summed E-state index contributed by atoms with van der Waals surface area (Å²) in [4.78, 5) is 0. The zero-order valence-electron chi connectivity index (χ0n) is 7.28. The summed E-state index contributed by atoms with van der Waals surface area (Å²) >= 11 is 0. The lowest BCUT2D eigenvalue weighted by Crippen LogP contribution is -2.41. The van der Waals surface area contributed by atoms with E-state index in [1.807, 2.05) is 0 Å². The molecule has 1 heteroatoms. The molecule has 0 heterocycles. The zero-order valence-corrected chi connectivity index (χ0v) is 7.28. The molecule has 0 radical (unpaired) electrons. The fourth-order valence-electron chi connectivity index (χ4n) is 0.841. The van der Waals surface area contributed by atoms with Crippen LogP contribution in [0.4, 0.5) is 0 Å². The Hall–Kier alpha value is -0.0400. The third kappa shape index (κ3) is 5.84. The number of rotatable bonds is 2. The first-order valence-corrected chi connectivity index (χ1v) is 3.73. The van der Waals surface area contributed by atoms with Crippen LogP contribution in [0, 0.1) is 0 Å². The van der Waals surface area contributed by atoms with Crippen LogP contribution >= 0.6 is 0 Å². The molecule has 1 nitrogen and oxygen atoms in total. The molecule has 0 aromatic heterocycles. The van der Waals surface area contributed by atoms with Crippen LogP contribution in [0.3, 0.4) is 0 Å². The molecule has 0 aromatic carbocycles. The fourth-order valence-corrected chi connectivity index (χ4v) is 0.841.